The Labute approximate surface area is 186 Å². The number of nitriles is 1. The zero-order valence-electron chi connectivity index (χ0n) is 16.3. The van der Waals surface area contributed by atoms with Crippen LogP contribution in [0, 0.1) is 11.3 Å². The lowest BCUT2D eigenvalue weighted by Gasteiger charge is -2.32. The van der Waals surface area contributed by atoms with Crippen molar-refractivity contribution >= 4 is 44.8 Å². The number of hydrogen-bond donors (Lipinski definition) is 1. The second-order valence-electron chi connectivity index (χ2n) is 7.02. The van der Waals surface area contributed by atoms with E-state index in [1.807, 2.05) is 30.3 Å². The van der Waals surface area contributed by atoms with Crippen LogP contribution in [0.15, 0.2) is 109 Å². The normalized spacial score (nSPS) is 12.1. The number of alkyl halides is 1. The molecule has 4 heteroatoms. The van der Waals surface area contributed by atoms with Crippen LogP contribution in [0.1, 0.15) is 15.7 Å². The molecular weight excluding hydrogens is 451 g/mol. The van der Waals surface area contributed by atoms with Gasteiger partial charge in [-0.3, -0.25) is 0 Å². The third-order valence-corrected chi connectivity index (χ3v) is 11.9. The summed E-state index contributed by atoms with van der Waals surface area (Å²) in [7, 11) is -2.20. The van der Waals surface area contributed by atoms with Crippen LogP contribution in [-0.2, 0) is 0 Å². The van der Waals surface area contributed by atoms with Crippen molar-refractivity contribution in [1.82, 2.24) is 0 Å². The van der Waals surface area contributed by atoms with Gasteiger partial charge in [-0.1, -0.05) is 54.6 Å². The summed E-state index contributed by atoms with van der Waals surface area (Å²) >= 11 is 4.09. The fraction of sp³-hybridized carbons (Fsp3) is 0.0385. The molecular formula is C26H21BrN2P+. The van der Waals surface area contributed by atoms with Crippen LogP contribution in [0.25, 0.3) is 0 Å². The Kier molecular flexibility index (Phi) is 6.00. The molecule has 1 atom stereocenters. The highest BCUT2D eigenvalue weighted by Crippen LogP contribution is 2.69. The topological polar surface area (TPSA) is 49.8 Å². The molecule has 4 rings (SSSR count). The quantitative estimate of drug-likeness (QED) is 0.236. The van der Waals surface area contributed by atoms with Crippen molar-refractivity contribution in [3.05, 3.63) is 120 Å². The van der Waals surface area contributed by atoms with E-state index in [-0.39, 0.29) is 4.57 Å². The third kappa shape index (κ3) is 3.54. The molecule has 0 aromatic heterocycles. The first-order valence-electron chi connectivity index (χ1n) is 9.67. The Bertz CT molecular complexity index is 1080. The predicted octanol–water partition coefficient (Wildman–Crippen LogP) is 5.53. The summed E-state index contributed by atoms with van der Waals surface area (Å²) in [6, 6.07) is 39.6. The molecule has 0 amide bonds. The minimum Gasteiger partial charge on any atom is -0.398 e. The van der Waals surface area contributed by atoms with Crippen LogP contribution in [-0.4, -0.2) is 0 Å². The summed E-state index contributed by atoms with van der Waals surface area (Å²) in [4.78, 5) is 0. The fourth-order valence-corrected chi connectivity index (χ4v) is 10.7. The van der Waals surface area contributed by atoms with Gasteiger partial charge in [-0.15, -0.1) is 0 Å². The Balaban J connectivity index is 2.09. The van der Waals surface area contributed by atoms with Crippen molar-refractivity contribution in [1.29, 1.82) is 5.26 Å². The first kappa shape index (κ1) is 20.4. The van der Waals surface area contributed by atoms with Gasteiger partial charge in [-0.25, -0.2) is 0 Å². The van der Waals surface area contributed by atoms with E-state index in [0.29, 0.717) is 11.3 Å². The molecule has 146 valence electrons. The zero-order chi connectivity index (χ0) is 21.0. The van der Waals surface area contributed by atoms with Crippen molar-refractivity contribution in [2.45, 2.75) is 4.57 Å². The smallest absolute Gasteiger partial charge is 0.164 e. The number of anilines is 1. The van der Waals surface area contributed by atoms with Crippen molar-refractivity contribution in [3.63, 3.8) is 0 Å². The Morgan fingerprint density at radius 1 is 0.700 bits per heavy atom. The van der Waals surface area contributed by atoms with Crippen LogP contribution >= 0.6 is 23.2 Å². The SMILES string of the molecule is N#Cc1ccc(N)c(C(Br)[P+](c2ccccc2)(c2ccccc2)c2ccccc2)c1. The van der Waals surface area contributed by atoms with Gasteiger partial charge >= 0.3 is 0 Å². The van der Waals surface area contributed by atoms with E-state index in [9.17, 15) is 5.26 Å². The Morgan fingerprint density at radius 3 is 1.53 bits per heavy atom. The molecule has 0 bridgehead atoms. The number of hydrogen-bond acceptors (Lipinski definition) is 2. The molecule has 0 spiro atoms. The lowest BCUT2D eigenvalue weighted by Crippen LogP contribution is -2.33. The highest BCUT2D eigenvalue weighted by molar-refractivity contribution is 9.10. The number of nitrogens with zero attached hydrogens (tertiary/aromatic N) is 1. The van der Waals surface area contributed by atoms with Crippen LogP contribution < -0.4 is 21.6 Å². The molecule has 0 aliphatic rings. The van der Waals surface area contributed by atoms with Gasteiger partial charge in [-0.2, -0.15) is 5.26 Å². The zero-order valence-corrected chi connectivity index (χ0v) is 18.8. The van der Waals surface area contributed by atoms with Crippen LogP contribution in [0.5, 0.6) is 0 Å². The Hall–Kier alpha value is -2.92. The molecule has 0 saturated carbocycles. The first-order valence-corrected chi connectivity index (χ1v) is 12.4. The molecule has 0 aliphatic carbocycles. The maximum absolute atomic E-state index is 9.49. The van der Waals surface area contributed by atoms with Crippen molar-refractivity contribution < 1.29 is 0 Å². The van der Waals surface area contributed by atoms with Gasteiger partial charge in [0.15, 0.2) is 4.57 Å². The Morgan fingerprint density at radius 2 is 1.13 bits per heavy atom. The standard InChI is InChI=1S/C26H21BrN2P/c27-26(24-18-20(19-28)16-17-25(24)29)30(21-10-4-1-5-11-21,22-12-6-2-7-13-22)23-14-8-3-9-15-23/h1-18,26H,29H2/q+1. The lowest BCUT2D eigenvalue weighted by molar-refractivity contribution is 1.36. The van der Waals surface area contributed by atoms with Gasteiger partial charge in [0.2, 0.25) is 0 Å². The molecule has 4 aromatic rings. The summed E-state index contributed by atoms with van der Waals surface area (Å²) in [6.07, 6.45) is 0. The predicted molar refractivity (Wildman–Crippen MR) is 132 cm³/mol. The van der Waals surface area contributed by atoms with Gasteiger partial charge in [0.1, 0.15) is 23.2 Å². The maximum Gasteiger partial charge on any atom is 0.164 e. The van der Waals surface area contributed by atoms with Crippen molar-refractivity contribution in [2.24, 2.45) is 0 Å². The number of nitrogen functional groups attached to an aromatic ring is 1. The molecule has 0 radical (unpaired) electrons. The number of benzene rings is 4. The van der Waals surface area contributed by atoms with Crippen molar-refractivity contribution in [2.75, 3.05) is 5.73 Å². The summed E-state index contributed by atoms with van der Waals surface area (Å²) in [6.45, 7) is 0. The van der Waals surface area contributed by atoms with Crippen LogP contribution in [0.2, 0.25) is 0 Å². The van der Waals surface area contributed by atoms with E-state index in [1.165, 1.54) is 15.9 Å². The van der Waals surface area contributed by atoms with Crippen LogP contribution in [0.4, 0.5) is 5.69 Å². The van der Waals surface area contributed by atoms with E-state index in [2.05, 4.69) is 94.8 Å². The summed E-state index contributed by atoms with van der Waals surface area (Å²) < 4.78 is -0.0921. The van der Waals surface area contributed by atoms with Crippen LogP contribution in [0.3, 0.4) is 0 Å². The van der Waals surface area contributed by atoms with Gasteiger partial charge < -0.3 is 5.73 Å². The number of nitrogens with two attached hydrogens (primary N) is 1. The molecule has 4 aromatic carbocycles. The minimum absolute atomic E-state index is 0.0921. The molecule has 30 heavy (non-hydrogen) atoms. The third-order valence-electron chi connectivity index (χ3n) is 5.30. The summed E-state index contributed by atoms with van der Waals surface area (Å²) in [5.41, 5.74) is 8.69. The van der Waals surface area contributed by atoms with Crippen molar-refractivity contribution in [3.8, 4) is 6.07 Å². The van der Waals surface area contributed by atoms with E-state index in [4.69, 9.17) is 5.73 Å². The van der Waals surface area contributed by atoms with Gasteiger partial charge in [0.05, 0.1) is 11.6 Å². The molecule has 2 nitrogen and oxygen atoms in total. The average molecular weight is 472 g/mol. The molecule has 0 aliphatic heterocycles. The van der Waals surface area contributed by atoms with E-state index < -0.39 is 7.26 Å². The summed E-state index contributed by atoms with van der Waals surface area (Å²) in [5.74, 6) is 0. The van der Waals surface area contributed by atoms with Gasteiger partial charge in [-0.05, 0) is 70.5 Å². The molecule has 0 heterocycles. The monoisotopic (exact) mass is 471 g/mol. The second-order valence-corrected chi connectivity index (χ2v) is 12.2. The largest absolute Gasteiger partial charge is 0.398 e. The number of rotatable bonds is 5. The maximum atomic E-state index is 9.49. The lowest BCUT2D eigenvalue weighted by atomic mass is 10.1. The van der Waals surface area contributed by atoms with E-state index >= 15 is 0 Å². The fourth-order valence-electron chi connectivity index (χ4n) is 3.89. The highest BCUT2D eigenvalue weighted by atomic mass is 79.9. The van der Waals surface area contributed by atoms with E-state index in [1.54, 1.807) is 6.07 Å². The molecule has 2 N–H and O–H groups in total. The first-order chi connectivity index (χ1) is 14.7. The van der Waals surface area contributed by atoms with Gasteiger partial charge in [0, 0.05) is 11.3 Å². The molecule has 0 saturated heterocycles. The van der Waals surface area contributed by atoms with Gasteiger partial charge in [0.25, 0.3) is 0 Å². The molecule has 1 unspecified atom stereocenters. The van der Waals surface area contributed by atoms with E-state index in [0.717, 1.165) is 5.56 Å². The number of halogens is 1. The highest BCUT2D eigenvalue weighted by Gasteiger charge is 2.52. The molecule has 0 fully saturated rings. The minimum atomic E-state index is -2.20. The second kappa shape index (κ2) is 8.84. The average Bonchev–Trinajstić information content (AvgIpc) is 2.82. The summed E-state index contributed by atoms with van der Waals surface area (Å²) in [5, 5.41) is 13.3.